The zero-order valence-electron chi connectivity index (χ0n) is 20.2. The van der Waals surface area contributed by atoms with Crippen molar-refractivity contribution < 1.29 is 9.59 Å². The quantitative estimate of drug-likeness (QED) is 0.436. The summed E-state index contributed by atoms with van der Waals surface area (Å²) in [6.45, 7) is 11.0. The van der Waals surface area contributed by atoms with E-state index in [4.69, 9.17) is 0 Å². The number of carbonyl (C=O) groups is 2. The molecule has 0 bridgehead atoms. The standard InChI is InChI=1S/C26H36N4O2/c1-7-13-19-15-9-11-17-21(19)27-23(31)25(3,4)29-30-26(5,6)24(32)28-22-18-12-10-16-20(22)14-8-2/h9-12,15-18H,7-8,13-14H2,1-6H3,(H,27,31)(H,28,32). The first kappa shape index (κ1) is 25.2. The molecule has 0 radical (unpaired) electrons. The number of benzene rings is 2. The minimum absolute atomic E-state index is 0.269. The number of nitrogens with one attached hydrogen (secondary N) is 2. The van der Waals surface area contributed by atoms with E-state index in [-0.39, 0.29) is 11.8 Å². The molecule has 172 valence electrons. The van der Waals surface area contributed by atoms with Crippen LogP contribution in [0.2, 0.25) is 0 Å². The Bertz CT molecular complexity index is 886. The molecule has 0 saturated carbocycles. The van der Waals surface area contributed by atoms with E-state index in [9.17, 15) is 9.59 Å². The number of carbonyl (C=O) groups excluding carboxylic acids is 2. The highest BCUT2D eigenvalue weighted by Gasteiger charge is 2.32. The van der Waals surface area contributed by atoms with E-state index in [0.29, 0.717) is 0 Å². The number of anilines is 2. The maximum atomic E-state index is 12.9. The van der Waals surface area contributed by atoms with Crippen molar-refractivity contribution in [3.05, 3.63) is 59.7 Å². The smallest absolute Gasteiger partial charge is 0.253 e. The molecule has 2 rings (SSSR count). The Kier molecular flexibility index (Phi) is 8.70. The van der Waals surface area contributed by atoms with Gasteiger partial charge < -0.3 is 10.6 Å². The first-order chi connectivity index (χ1) is 15.1. The first-order valence-electron chi connectivity index (χ1n) is 11.3. The zero-order valence-corrected chi connectivity index (χ0v) is 20.2. The van der Waals surface area contributed by atoms with E-state index >= 15 is 0 Å². The van der Waals surface area contributed by atoms with Crippen LogP contribution in [-0.4, -0.2) is 22.9 Å². The van der Waals surface area contributed by atoms with Crippen molar-refractivity contribution in [2.24, 2.45) is 10.2 Å². The highest BCUT2D eigenvalue weighted by atomic mass is 16.2. The molecule has 0 aliphatic rings. The van der Waals surface area contributed by atoms with Gasteiger partial charge >= 0.3 is 0 Å². The molecular formula is C26H36N4O2. The van der Waals surface area contributed by atoms with E-state index in [1.165, 1.54) is 0 Å². The van der Waals surface area contributed by atoms with E-state index in [2.05, 4.69) is 34.7 Å². The predicted octanol–water partition coefficient (Wildman–Crippen LogP) is 6.18. The second kappa shape index (κ2) is 11.0. The van der Waals surface area contributed by atoms with Gasteiger partial charge in [-0.2, -0.15) is 10.2 Å². The van der Waals surface area contributed by atoms with E-state index in [0.717, 1.165) is 48.2 Å². The fraction of sp³-hybridized carbons (Fsp3) is 0.462. The average molecular weight is 437 g/mol. The summed E-state index contributed by atoms with van der Waals surface area (Å²) in [5, 5.41) is 14.5. The minimum Gasteiger partial charge on any atom is -0.324 e. The van der Waals surface area contributed by atoms with Crippen LogP contribution in [0.5, 0.6) is 0 Å². The van der Waals surface area contributed by atoms with E-state index in [1.807, 2.05) is 48.5 Å². The van der Waals surface area contributed by atoms with Gasteiger partial charge in [0.25, 0.3) is 11.8 Å². The summed E-state index contributed by atoms with van der Waals surface area (Å²) in [6, 6.07) is 15.5. The molecule has 0 aliphatic heterocycles. The Morgan fingerprint density at radius 2 is 1.03 bits per heavy atom. The number of azo groups is 1. The Labute approximate surface area is 191 Å². The third kappa shape index (κ3) is 6.74. The molecule has 2 aromatic carbocycles. The monoisotopic (exact) mass is 436 g/mol. The van der Waals surface area contributed by atoms with Gasteiger partial charge in [0.2, 0.25) is 0 Å². The Morgan fingerprint density at radius 1 is 0.688 bits per heavy atom. The number of hydrogen-bond acceptors (Lipinski definition) is 4. The highest BCUT2D eigenvalue weighted by Crippen LogP contribution is 2.23. The minimum atomic E-state index is -1.13. The van der Waals surface area contributed by atoms with Crippen LogP contribution >= 0.6 is 0 Å². The number of aryl methyl sites for hydroxylation is 2. The van der Waals surface area contributed by atoms with Gasteiger partial charge in [-0.3, -0.25) is 9.59 Å². The maximum absolute atomic E-state index is 12.9. The average Bonchev–Trinajstić information content (AvgIpc) is 2.75. The summed E-state index contributed by atoms with van der Waals surface area (Å²) < 4.78 is 0. The maximum Gasteiger partial charge on any atom is 0.253 e. The van der Waals surface area contributed by atoms with Crippen LogP contribution in [-0.2, 0) is 22.4 Å². The van der Waals surface area contributed by atoms with Gasteiger partial charge in [0.1, 0.15) is 0 Å². The summed E-state index contributed by atoms with van der Waals surface area (Å²) in [4.78, 5) is 25.8. The molecule has 2 amide bonds. The van der Waals surface area contributed by atoms with Gasteiger partial charge in [-0.05, 0) is 63.8 Å². The van der Waals surface area contributed by atoms with Crippen molar-refractivity contribution in [3.63, 3.8) is 0 Å². The zero-order chi connectivity index (χ0) is 23.8. The van der Waals surface area contributed by atoms with Gasteiger partial charge in [-0.1, -0.05) is 63.1 Å². The molecule has 0 fully saturated rings. The topological polar surface area (TPSA) is 82.9 Å². The molecule has 2 aromatic rings. The molecular weight excluding hydrogens is 400 g/mol. The molecule has 32 heavy (non-hydrogen) atoms. The normalized spacial score (nSPS) is 12.1. The molecule has 0 aliphatic carbocycles. The van der Waals surface area contributed by atoms with E-state index in [1.54, 1.807) is 27.7 Å². The molecule has 2 N–H and O–H groups in total. The summed E-state index contributed by atoms with van der Waals surface area (Å²) in [5.41, 5.74) is 1.48. The number of para-hydroxylation sites is 2. The third-order valence-electron chi connectivity index (χ3n) is 5.23. The summed E-state index contributed by atoms with van der Waals surface area (Å²) in [6.07, 6.45) is 3.73. The summed E-state index contributed by atoms with van der Waals surface area (Å²) in [7, 11) is 0. The molecule has 6 heteroatoms. The largest absolute Gasteiger partial charge is 0.324 e. The molecule has 0 spiro atoms. The van der Waals surface area contributed by atoms with Crippen LogP contribution in [0.15, 0.2) is 58.8 Å². The van der Waals surface area contributed by atoms with Crippen molar-refractivity contribution in [2.75, 3.05) is 10.6 Å². The first-order valence-corrected chi connectivity index (χ1v) is 11.3. The lowest BCUT2D eigenvalue weighted by molar-refractivity contribution is -0.122. The van der Waals surface area contributed by atoms with Gasteiger partial charge in [-0.15, -0.1) is 0 Å². The fourth-order valence-corrected chi connectivity index (χ4v) is 3.15. The van der Waals surface area contributed by atoms with E-state index < -0.39 is 11.1 Å². The van der Waals surface area contributed by atoms with Crippen LogP contribution in [0.25, 0.3) is 0 Å². The van der Waals surface area contributed by atoms with Crippen molar-refractivity contribution in [1.82, 2.24) is 0 Å². The second-order valence-electron chi connectivity index (χ2n) is 9.04. The summed E-state index contributed by atoms with van der Waals surface area (Å²) >= 11 is 0. The van der Waals surface area contributed by atoms with Gasteiger partial charge in [0.15, 0.2) is 11.1 Å². The van der Waals surface area contributed by atoms with Crippen molar-refractivity contribution in [1.29, 1.82) is 0 Å². The number of nitrogens with zero attached hydrogens (tertiary/aromatic N) is 2. The van der Waals surface area contributed by atoms with Gasteiger partial charge in [0.05, 0.1) is 0 Å². The van der Waals surface area contributed by atoms with Crippen LogP contribution in [0, 0.1) is 0 Å². The van der Waals surface area contributed by atoms with Crippen molar-refractivity contribution >= 4 is 23.2 Å². The van der Waals surface area contributed by atoms with Gasteiger partial charge in [0, 0.05) is 11.4 Å². The van der Waals surface area contributed by atoms with Crippen LogP contribution < -0.4 is 10.6 Å². The van der Waals surface area contributed by atoms with Gasteiger partial charge in [-0.25, -0.2) is 0 Å². The molecule has 0 unspecified atom stereocenters. The van der Waals surface area contributed by atoms with Crippen LogP contribution in [0.1, 0.15) is 65.5 Å². The molecule has 0 atom stereocenters. The number of hydrogen-bond donors (Lipinski definition) is 2. The summed E-state index contributed by atoms with van der Waals surface area (Å²) in [5.74, 6) is -0.538. The second-order valence-corrected chi connectivity index (χ2v) is 9.04. The molecule has 0 aromatic heterocycles. The fourth-order valence-electron chi connectivity index (χ4n) is 3.15. The lowest BCUT2D eigenvalue weighted by Crippen LogP contribution is -2.39. The molecule has 6 nitrogen and oxygen atoms in total. The number of rotatable bonds is 10. The Hall–Kier alpha value is -3.02. The van der Waals surface area contributed by atoms with Crippen LogP contribution in [0.4, 0.5) is 11.4 Å². The Balaban J connectivity index is 2.12. The lowest BCUT2D eigenvalue weighted by atomic mass is 10.0. The number of amides is 2. The molecule has 0 heterocycles. The highest BCUT2D eigenvalue weighted by molar-refractivity contribution is 5.99. The lowest BCUT2D eigenvalue weighted by Gasteiger charge is -2.23. The SMILES string of the molecule is CCCc1ccccc1NC(=O)C(C)(C)N=NC(C)(C)C(=O)Nc1ccccc1CCC. The van der Waals surface area contributed by atoms with Crippen LogP contribution in [0.3, 0.4) is 0 Å². The van der Waals surface area contributed by atoms with Crippen molar-refractivity contribution in [2.45, 2.75) is 78.3 Å². The Morgan fingerprint density at radius 3 is 1.38 bits per heavy atom. The predicted molar refractivity (Wildman–Crippen MR) is 131 cm³/mol. The molecule has 0 saturated heterocycles. The van der Waals surface area contributed by atoms with Crippen molar-refractivity contribution in [3.8, 4) is 0 Å². The third-order valence-corrected chi connectivity index (χ3v) is 5.23.